The van der Waals surface area contributed by atoms with Gasteiger partial charge >= 0.3 is 5.97 Å². The molecule has 0 atom stereocenters. The number of aliphatic carboxylic acids is 1. The molecule has 32 heavy (non-hydrogen) atoms. The molecule has 1 aromatic heterocycles. The predicted molar refractivity (Wildman–Crippen MR) is 128 cm³/mol. The third-order valence-electron chi connectivity index (χ3n) is 5.42. The van der Waals surface area contributed by atoms with Gasteiger partial charge in [0.1, 0.15) is 5.75 Å². The largest absolute Gasteiger partial charge is 0.497 e. The highest BCUT2D eigenvalue weighted by atomic mass is 16.5. The van der Waals surface area contributed by atoms with E-state index in [4.69, 9.17) is 9.84 Å². The lowest BCUT2D eigenvalue weighted by Crippen LogP contribution is -1.96. The minimum atomic E-state index is -0.964. The van der Waals surface area contributed by atoms with Gasteiger partial charge in [-0.15, -0.1) is 0 Å². The van der Waals surface area contributed by atoms with E-state index >= 15 is 0 Å². The highest BCUT2D eigenvalue weighted by Crippen LogP contribution is 2.36. The predicted octanol–water partition coefficient (Wildman–Crippen LogP) is 6.04. The van der Waals surface area contributed by atoms with Crippen LogP contribution in [0.4, 0.5) is 0 Å². The fourth-order valence-electron chi connectivity index (χ4n) is 3.88. The van der Waals surface area contributed by atoms with E-state index in [1.165, 1.54) is 5.57 Å². The molecule has 5 heteroatoms. The van der Waals surface area contributed by atoms with E-state index in [0.29, 0.717) is 0 Å². The number of hydrogen-bond donors (Lipinski definition) is 2. The zero-order valence-electron chi connectivity index (χ0n) is 18.0. The quantitative estimate of drug-likeness (QED) is 0.280. The van der Waals surface area contributed by atoms with Crippen molar-refractivity contribution in [2.24, 2.45) is 0 Å². The number of H-pyrrole nitrogens is 1. The normalized spacial score (nSPS) is 12.2. The number of ether oxygens (including phenoxy) is 1. The van der Waals surface area contributed by atoms with Crippen molar-refractivity contribution >= 4 is 34.1 Å². The Morgan fingerprint density at radius 1 is 1.03 bits per heavy atom. The van der Waals surface area contributed by atoms with Crippen LogP contribution in [-0.2, 0) is 4.79 Å². The molecule has 4 rings (SSSR count). The number of hydrogen-bond acceptors (Lipinski definition) is 3. The number of carboxylic acid groups (broad SMARTS) is 1. The van der Waals surface area contributed by atoms with E-state index < -0.39 is 5.97 Å². The second-order valence-electron chi connectivity index (χ2n) is 7.40. The summed E-state index contributed by atoms with van der Waals surface area (Å²) in [5, 5.41) is 17.1. The topological polar surface area (TPSA) is 75.2 Å². The fraction of sp³-hybridized carbons (Fsp3) is 0.111. The Morgan fingerprint density at radius 2 is 1.81 bits per heavy atom. The summed E-state index contributed by atoms with van der Waals surface area (Å²) in [6.45, 7) is 2.15. The molecule has 3 aromatic carbocycles. The lowest BCUT2D eigenvalue weighted by atomic mass is 9.87. The SMILES string of the molecule is CCC(=C(c1ccc(C=CC(=O)O)cc1)c1ccc2[nH]ncc2c1)c1cccc(OC)c1. The van der Waals surface area contributed by atoms with Gasteiger partial charge in [0.05, 0.1) is 18.8 Å². The molecule has 4 aromatic rings. The van der Waals surface area contributed by atoms with Crippen molar-refractivity contribution in [1.82, 2.24) is 10.2 Å². The Kier molecular flexibility index (Phi) is 6.17. The second kappa shape index (κ2) is 9.35. The standard InChI is InChI=1S/C27H24N2O3/c1-3-24(20-5-4-6-23(16-20)32-2)27(21-12-13-25-22(15-21)17-28-29-25)19-10-7-18(8-11-19)9-14-26(30)31/h4-17H,3H2,1-2H3,(H,28,29)(H,30,31). The molecular weight excluding hydrogens is 400 g/mol. The molecule has 2 N–H and O–H groups in total. The van der Waals surface area contributed by atoms with Crippen LogP contribution in [0.3, 0.4) is 0 Å². The number of fused-ring (bicyclic) bond motifs is 1. The van der Waals surface area contributed by atoms with Crippen molar-refractivity contribution < 1.29 is 14.6 Å². The molecule has 0 aliphatic rings. The number of nitrogens with one attached hydrogen (secondary N) is 1. The molecule has 0 fully saturated rings. The number of methoxy groups -OCH3 is 1. The first kappa shape index (κ1) is 21.1. The Bertz CT molecular complexity index is 1310. The number of carboxylic acids is 1. The maximum absolute atomic E-state index is 10.8. The summed E-state index contributed by atoms with van der Waals surface area (Å²) in [6, 6.07) is 22.3. The minimum Gasteiger partial charge on any atom is -0.497 e. The molecule has 0 aliphatic heterocycles. The van der Waals surface area contributed by atoms with Gasteiger partial charge in [-0.3, -0.25) is 5.10 Å². The van der Waals surface area contributed by atoms with Crippen molar-refractivity contribution in [2.75, 3.05) is 7.11 Å². The summed E-state index contributed by atoms with van der Waals surface area (Å²) in [6.07, 6.45) is 5.39. The zero-order chi connectivity index (χ0) is 22.5. The first-order valence-corrected chi connectivity index (χ1v) is 10.4. The lowest BCUT2D eigenvalue weighted by Gasteiger charge is -2.17. The smallest absolute Gasteiger partial charge is 0.328 e. The fourth-order valence-corrected chi connectivity index (χ4v) is 3.88. The zero-order valence-corrected chi connectivity index (χ0v) is 18.0. The molecule has 0 unspecified atom stereocenters. The molecule has 1 heterocycles. The molecule has 0 amide bonds. The Hall–Kier alpha value is -4.12. The van der Waals surface area contributed by atoms with Gasteiger partial charge in [0.2, 0.25) is 0 Å². The van der Waals surface area contributed by atoms with Gasteiger partial charge in [-0.1, -0.05) is 49.4 Å². The maximum atomic E-state index is 10.8. The third kappa shape index (κ3) is 4.47. The van der Waals surface area contributed by atoms with Crippen LogP contribution in [0, 0.1) is 0 Å². The summed E-state index contributed by atoms with van der Waals surface area (Å²) in [5.41, 5.74) is 7.39. The van der Waals surface area contributed by atoms with Crippen LogP contribution >= 0.6 is 0 Å². The first-order valence-electron chi connectivity index (χ1n) is 10.4. The van der Waals surface area contributed by atoms with Crippen molar-refractivity contribution in [3.05, 3.63) is 101 Å². The van der Waals surface area contributed by atoms with E-state index in [-0.39, 0.29) is 0 Å². The molecular formula is C27H24N2O3. The maximum Gasteiger partial charge on any atom is 0.328 e. The van der Waals surface area contributed by atoms with Crippen molar-refractivity contribution in [2.45, 2.75) is 13.3 Å². The van der Waals surface area contributed by atoms with E-state index in [1.54, 1.807) is 13.2 Å². The number of aromatic nitrogens is 2. The van der Waals surface area contributed by atoms with Crippen LogP contribution in [0.1, 0.15) is 35.6 Å². The van der Waals surface area contributed by atoms with E-state index in [0.717, 1.165) is 57.0 Å². The van der Waals surface area contributed by atoms with Crippen LogP contribution < -0.4 is 4.74 Å². The van der Waals surface area contributed by atoms with Gasteiger partial charge in [0.15, 0.2) is 0 Å². The number of aromatic amines is 1. The Labute approximate surface area is 186 Å². The molecule has 5 nitrogen and oxygen atoms in total. The molecule has 0 bridgehead atoms. The number of rotatable bonds is 7. The molecule has 0 saturated carbocycles. The van der Waals surface area contributed by atoms with Crippen LogP contribution in [0.5, 0.6) is 5.75 Å². The van der Waals surface area contributed by atoms with Gasteiger partial charge in [-0.25, -0.2) is 4.79 Å². The average Bonchev–Trinajstić information content (AvgIpc) is 3.29. The van der Waals surface area contributed by atoms with Crippen LogP contribution in [0.2, 0.25) is 0 Å². The first-order chi connectivity index (χ1) is 15.6. The van der Waals surface area contributed by atoms with Gasteiger partial charge in [0.25, 0.3) is 0 Å². The second-order valence-corrected chi connectivity index (χ2v) is 7.40. The van der Waals surface area contributed by atoms with E-state index in [9.17, 15) is 4.79 Å². The van der Waals surface area contributed by atoms with Crippen molar-refractivity contribution in [3.63, 3.8) is 0 Å². The van der Waals surface area contributed by atoms with Gasteiger partial charge in [-0.2, -0.15) is 5.10 Å². The summed E-state index contributed by atoms with van der Waals surface area (Å²) in [5.74, 6) is -0.151. The van der Waals surface area contributed by atoms with Crippen LogP contribution in [0.25, 0.3) is 28.1 Å². The summed E-state index contributed by atoms with van der Waals surface area (Å²) in [4.78, 5) is 10.8. The van der Waals surface area contributed by atoms with E-state index in [2.05, 4.69) is 41.4 Å². The number of carbonyl (C=O) groups is 1. The monoisotopic (exact) mass is 424 g/mol. The summed E-state index contributed by atoms with van der Waals surface area (Å²) < 4.78 is 5.46. The highest BCUT2D eigenvalue weighted by molar-refractivity contribution is 6.00. The van der Waals surface area contributed by atoms with Crippen LogP contribution in [0.15, 0.2) is 79.0 Å². The third-order valence-corrected chi connectivity index (χ3v) is 5.42. The Balaban J connectivity index is 1.91. The van der Waals surface area contributed by atoms with Gasteiger partial charge < -0.3 is 9.84 Å². The highest BCUT2D eigenvalue weighted by Gasteiger charge is 2.14. The minimum absolute atomic E-state index is 0.812. The lowest BCUT2D eigenvalue weighted by molar-refractivity contribution is -0.131. The van der Waals surface area contributed by atoms with Crippen molar-refractivity contribution in [1.29, 1.82) is 0 Å². The molecule has 0 radical (unpaired) electrons. The molecule has 0 saturated heterocycles. The average molecular weight is 425 g/mol. The summed E-state index contributed by atoms with van der Waals surface area (Å²) in [7, 11) is 1.67. The molecule has 0 spiro atoms. The molecule has 0 aliphatic carbocycles. The van der Waals surface area contributed by atoms with E-state index in [1.807, 2.05) is 48.7 Å². The van der Waals surface area contributed by atoms with Crippen molar-refractivity contribution in [3.8, 4) is 5.75 Å². The summed E-state index contributed by atoms with van der Waals surface area (Å²) >= 11 is 0. The number of allylic oxidation sites excluding steroid dienone is 1. The van der Waals surface area contributed by atoms with Gasteiger partial charge in [0, 0.05) is 11.5 Å². The van der Waals surface area contributed by atoms with Crippen LogP contribution in [-0.4, -0.2) is 28.4 Å². The number of nitrogens with zero attached hydrogens (tertiary/aromatic N) is 1. The number of benzene rings is 3. The van der Waals surface area contributed by atoms with Gasteiger partial charge in [-0.05, 0) is 70.2 Å². The molecule has 160 valence electrons. The Morgan fingerprint density at radius 3 is 2.53 bits per heavy atom.